The van der Waals surface area contributed by atoms with Gasteiger partial charge in [0.15, 0.2) is 0 Å². The van der Waals surface area contributed by atoms with E-state index in [0.717, 1.165) is 49.4 Å². The fraction of sp³-hybridized carbons (Fsp3) is 0.524. The lowest BCUT2D eigenvalue weighted by atomic mass is 9.91. The molecule has 2 aliphatic heterocycles. The molecule has 0 radical (unpaired) electrons. The summed E-state index contributed by atoms with van der Waals surface area (Å²) < 4.78 is 5.09. The number of esters is 1. The summed E-state index contributed by atoms with van der Waals surface area (Å²) in [5, 5.41) is 5.81. The summed E-state index contributed by atoms with van der Waals surface area (Å²) in [4.78, 5) is 28.1. The lowest BCUT2D eigenvalue weighted by Gasteiger charge is -2.33. The third-order valence-electron chi connectivity index (χ3n) is 5.89. The number of hydrogen-bond acceptors (Lipinski definition) is 3. The third kappa shape index (κ3) is 4.36. The maximum absolute atomic E-state index is 12.7. The van der Waals surface area contributed by atoms with Crippen molar-refractivity contribution in [1.82, 2.24) is 10.6 Å². The standard InChI is InChI=1S/C21H30N4O3/c1-5-24-8-10-25(11-9-24)13-17-18(20(26)28-4)19(23-21(27)22-17)16-7-6-14(2)12-15(16)3/h6-7,12,19H,5,8-11,13H2,1-4H3,(H2,22,23,27)/p+2/t19-/m0/s1. The summed E-state index contributed by atoms with van der Waals surface area (Å²) >= 11 is 0. The van der Waals surface area contributed by atoms with Crippen molar-refractivity contribution in [3.05, 3.63) is 46.2 Å². The number of aryl methyl sites for hydroxylation is 2. The molecule has 1 atom stereocenters. The average molecular weight is 389 g/mol. The molecule has 28 heavy (non-hydrogen) atoms. The minimum Gasteiger partial charge on any atom is -0.466 e. The molecule has 3 rings (SSSR count). The summed E-state index contributed by atoms with van der Waals surface area (Å²) in [6.45, 7) is 12.3. The number of urea groups is 1. The first-order chi connectivity index (χ1) is 13.4. The van der Waals surface area contributed by atoms with Crippen molar-refractivity contribution in [1.29, 1.82) is 0 Å². The number of carbonyl (C=O) groups is 2. The van der Waals surface area contributed by atoms with Crippen molar-refractivity contribution in [3.63, 3.8) is 0 Å². The van der Waals surface area contributed by atoms with E-state index in [1.54, 1.807) is 4.90 Å². The highest BCUT2D eigenvalue weighted by molar-refractivity contribution is 5.95. The SMILES string of the molecule is CC[NH+]1CC[NH+](CC2=C(C(=O)OC)[C@H](c3ccc(C)cc3C)NC(=O)N2)CC1. The zero-order valence-corrected chi connectivity index (χ0v) is 17.3. The lowest BCUT2D eigenvalue weighted by molar-refractivity contribution is -1.01. The van der Waals surface area contributed by atoms with Gasteiger partial charge in [0.25, 0.3) is 0 Å². The number of carbonyl (C=O) groups excluding carboxylic acids is 2. The van der Waals surface area contributed by atoms with Crippen molar-refractivity contribution >= 4 is 12.0 Å². The number of amides is 2. The van der Waals surface area contributed by atoms with E-state index < -0.39 is 12.0 Å². The molecular formula is C21H32N4O3+2. The number of methoxy groups -OCH3 is 1. The molecule has 0 spiro atoms. The third-order valence-corrected chi connectivity index (χ3v) is 5.89. The van der Waals surface area contributed by atoms with Crippen LogP contribution < -0.4 is 20.4 Å². The number of benzene rings is 1. The summed E-state index contributed by atoms with van der Waals surface area (Å²) in [7, 11) is 1.39. The van der Waals surface area contributed by atoms with Gasteiger partial charge in [-0.25, -0.2) is 9.59 Å². The average Bonchev–Trinajstić information content (AvgIpc) is 2.67. The van der Waals surface area contributed by atoms with Crippen molar-refractivity contribution in [2.75, 3.05) is 46.4 Å². The van der Waals surface area contributed by atoms with E-state index in [9.17, 15) is 9.59 Å². The molecular weight excluding hydrogens is 356 g/mol. The summed E-state index contributed by atoms with van der Waals surface area (Å²) in [5.41, 5.74) is 4.29. The van der Waals surface area contributed by atoms with Crippen LogP contribution in [0.2, 0.25) is 0 Å². The van der Waals surface area contributed by atoms with Crippen LogP contribution in [0.4, 0.5) is 4.79 Å². The first kappa shape index (κ1) is 20.4. The van der Waals surface area contributed by atoms with E-state index in [0.29, 0.717) is 17.8 Å². The Morgan fingerprint density at radius 1 is 1.18 bits per heavy atom. The molecule has 0 aliphatic carbocycles. The number of piperazine rings is 1. The van der Waals surface area contributed by atoms with Gasteiger partial charge in [-0.05, 0) is 31.9 Å². The Kier molecular flexibility index (Phi) is 6.36. The quantitative estimate of drug-likeness (QED) is 0.483. The van der Waals surface area contributed by atoms with Crippen LogP contribution in [0.5, 0.6) is 0 Å². The van der Waals surface area contributed by atoms with Gasteiger partial charge in [-0.2, -0.15) is 0 Å². The predicted molar refractivity (Wildman–Crippen MR) is 106 cm³/mol. The molecule has 1 aromatic carbocycles. The number of quaternary nitrogens is 2. The minimum absolute atomic E-state index is 0.273. The van der Waals surface area contributed by atoms with Gasteiger partial charge in [0, 0.05) is 0 Å². The van der Waals surface area contributed by atoms with Gasteiger partial charge in [-0.15, -0.1) is 0 Å². The normalized spacial score (nSPS) is 25.1. The Morgan fingerprint density at radius 2 is 1.86 bits per heavy atom. The Bertz CT molecular complexity index is 782. The molecule has 4 N–H and O–H groups in total. The second-order valence-electron chi connectivity index (χ2n) is 7.81. The number of rotatable bonds is 5. The van der Waals surface area contributed by atoms with Gasteiger partial charge < -0.3 is 25.2 Å². The molecule has 1 fully saturated rings. The van der Waals surface area contributed by atoms with E-state index in [1.165, 1.54) is 12.0 Å². The second kappa shape index (κ2) is 8.75. The maximum Gasteiger partial charge on any atom is 0.338 e. The zero-order chi connectivity index (χ0) is 20.3. The van der Waals surface area contributed by atoms with Crippen LogP contribution in [0.1, 0.15) is 29.7 Å². The van der Waals surface area contributed by atoms with E-state index in [-0.39, 0.29) is 6.03 Å². The summed E-state index contributed by atoms with van der Waals surface area (Å²) in [5.74, 6) is -0.398. The molecule has 7 heteroatoms. The maximum atomic E-state index is 12.7. The van der Waals surface area contributed by atoms with Crippen LogP contribution in [0.25, 0.3) is 0 Å². The van der Waals surface area contributed by atoms with E-state index in [4.69, 9.17) is 4.74 Å². The fourth-order valence-corrected chi connectivity index (χ4v) is 4.23. The summed E-state index contributed by atoms with van der Waals surface area (Å²) in [6.07, 6.45) is 0. The lowest BCUT2D eigenvalue weighted by Crippen LogP contribution is -3.28. The van der Waals surface area contributed by atoms with Crippen LogP contribution in [0.3, 0.4) is 0 Å². The zero-order valence-electron chi connectivity index (χ0n) is 17.3. The molecule has 1 saturated heterocycles. The van der Waals surface area contributed by atoms with Gasteiger partial charge in [-0.3, -0.25) is 0 Å². The van der Waals surface area contributed by atoms with Crippen LogP contribution in [-0.4, -0.2) is 58.4 Å². The molecule has 2 heterocycles. The first-order valence-corrected chi connectivity index (χ1v) is 10.1. The molecule has 152 valence electrons. The predicted octanol–water partition coefficient (Wildman–Crippen LogP) is -1.11. The Labute approximate surface area is 166 Å². The smallest absolute Gasteiger partial charge is 0.338 e. The molecule has 0 unspecified atom stereocenters. The molecule has 0 bridgehead atoms. The van der Waals surface area contributed by atoms with Crippen LogP contribution >= 0.6 is 0 Å². The largest absolute Gasteiger partial charge is 0.466 e. The van der Waals surface area contributed by atoms with E-state index >= 15 is 0 Å². The Balaban J connectivity index is 1.94. The highest BCUT2D eigenvalue weighted by Crippen LogP contribution is 2.29. The molecule has 7 nitrogen and oxygen atoms in total. The van der Waals surface area contributed by atoms with E-state index in [1.807, 2.05) is 26.0 Å². The number of ether oxygens (including phenoxy) is 1. The van der Waals surface area contributed by atoms with Gasteiger partial charge in [0.1, 0.15) is 32.7 Å². The molecule has 2 amide bonds. The first-order valence-electron chi connectivity index (χ1n) is 10.1. The number of nitrogens with one attached hydrogen (secondary N) is 4. The van der Waals surface area contributed by atoms with Gasteiger partial charge in [-0.1, -0.05) is 23.8 Å². The highest BCUT2D eigenvalue weighted by atomic mass is 16.5. The molecule has 0 saturated carbocycles. The van der Waals surface area contributed by atoms with Crippen molar-refractivity contribution < 1.29 is 24.1 Å². The Morgan fingerprint density at radius 3 is 2.46 bits per heavy atom. The van der Waals surface area contributed by atoms with Gasteiger partial charge in [0.05, 0.1) is 31.0 Å². The topological polar surface area (TPSA) is 76.3 Å². The van der Waals surface area contributed by atoms with Gasteiger partial charge >= 0.3 is 12.0 Å². The molecule has 2 aliphatic rings. The Hall–Kier alpha value is -2.38. The summed E-state index contributed by atoms with van der Waals surface area (Å²) in [6, 6.07) is 5.28. The minimum atomic E-state index is -0.501. The number of hydrogen-bond donors (Lipinski definition) is 4. The number of likely N-dealkylation sites (N-methyl/N-ethyl adjacent to an activating group) is 1. The van der Waals surface area contributed by atoms with Crippen LogP contribution in [-0.2, 0) is 9.53 Å². The van der Waals surface area contributed by atoms with Crippen molar-refractivity contribution in [2.45, 2.75) is 26.8 Å². The second-order valence-corrected chi connectivity index (χ2v) is 7.81. The van der Waals surface area contributed by atoms with Crippen molar-refractivity contribution in [2.24, 2.45) is 0 Å². The highest BCUT2D eigenvalue weighted by Gasteiger charge is 2.36. The van der Waals surface area contributed by atoms with Gasteiger partial charge in [0.2, 0.25) is 0 Å². The van der Waals surface area contributed by atoms with E-state index in [2.05, 4.69) is 23.6 Å². The monoisotopic (exact) mass is 388 g/mol. The molecule has 0 aromatic heterocycles. The fourth-order valence-electron chi connectivity index (χ4n) is 4.23. The van der Waals surface area contributed by atoms with Crippen molar-refractivity contribution in [3.8, 4) is 0 Å². The molecule has 1 aromatic rings. The van der Waals surface area contributed by atoms with Crippen LogP contribution in [0.15, 0.2) is 29.5 Å². The van der Waals surface area contributed by atoms with Crippen LogP contribution in [0, 0.1) is 13.8 Å².